The summed E-state index contributed by atoms with van der Waals surface area (Å²) in [4.78, 5) is 9.87. The fourth-order valence-corrected chi connectivity index (χ4v) is 5.72. The molecular weight excluding hydrogens is 386 g/mol. The minimum atomic E-state index is 0.286. The average molecular weight is 418 g/mol. The predicted molar refractivity (Wildman–Crippen MR) is 122 cm³/mol. The third kappa shape index (κ3) is 3.67. The number of morpholine rings is 1. The first-order valence-corrected chi connectivity index (χ1v) is 11.8. The minimum absolute atomic E-state index is 0.286. The van der Waals surface area contributed by atoms with Crippen molar-refractivity contribution in [3.63, 3.8) is 0 Å². The van der Waals surface area contributed by atoms with Crippen molar-refractivity contribution in [1.29, 1.82) is 0 Å². The van der Waals surface area contributed by atoms with Gasteiger partial charge in [-0.1, -0.05) is 18.2 Å². The number of benzene rings is 1. The zero-order chi connectivity index (χ0) is 20.7. The summed E-state index contributed by atoms with van der Waals surface area (Å²) >= 11 is 0. The van der Waals surface area contributed by atoms with Gasteiger partial charge in [-0.25, -0.2) is 0 Å². The molecule has 0 N–H and O–H groups in total. The summed E-state index contributed by atoms with van der Waals surface area (Å²) in [5.41, 5.74) is 4.95. The van der Waals surface area contributed by atoms with E-state index in [1.165, 1.54) is 56.5 Å². The third-order valence-electron chi connectivity index (χ3n) is 7.50. The van der Waals surface area contributed by atoms with Crippen molar-refractivity contribution in [3.8, 4) is 11.3 Å². The highest BCUT2D eigenvalue weighted by Gasteiger charge is 2.45. The van der Waals surface area contributed by atoms with E-state index in [9.17, 15) is 0 Å². The van der Waals surface area contributed by atoms with Gasteiger partial charge in [-0.15, -0.1) is 0 Å². The van der Waals surface area contributed by atoms with Gasteiger partial charge >= 0.3 is 0 Å². The Morgan fingerprint density at radius 2 is 1.77 bits per heavy atom. The molecule has 1 unspecified atom stereocenters. The standard InChI is InChI=1S/C25H31N5O/c1-2-5-22-20(4-1)16-21(18-26-22)23-17-24-25(7-11-30(24)27-23)6-10-29(19-25)9-3-8-28-12-14-31-15-13-28/h1-2,4-5,16-18H,3,6-15,19H2. The fraction of sp³-hybridized carbons (Fsp3) is 0.520. The summed E-state index contributed by atoms with van der Waals surface area (Å²) in [5.74, 6) is 0. The van der Waals surface area contributed by atoms with Gasteiger partial charge in [0, 0.05) is 54.4 Å². The van der Waals surface area contributed by atoms with Gasteiger partial charge in [-0.3, -0.25) is 14.6 Å². The number of ether oxygens (including phenoxy) is 1. The molecule has 1 spiro atoms. The van der Waals surface area contributed by atoms with Crippen LogP contribution in [0.2, 0.25) is 0 Å². The largest absolute Gasteiger partial charge is 0.379 e. The summed E-state index contributed by atoms with van der Waals surface area (Å²) < 4.78 is 7.73. The SMILES string of the molecule is c1ccc2ncc(-c3cc4n(n3)CCC43CCN(CCCN4CCOCC4)C3)cc2c1. The molecule has 2 fully saturated rings. The smallest absolute Gasteiger partial charge is 0.0941 e. The maximum absolute atomic E-state index is 5.47. The zero-order valence-corrected chi connectivity index (χ0v) is 18.2. The lowest BCUT2D eigenvalue weighted by Crippen LogP contribution is -2.38. The molecule has 3 aliphatic heterocycles. The Morgan fingerprint density at radius 1 is 0.935 bits per heavy atom. The van der Waals surface area contributed by atoms with Gasteiger partial charge in [0.1, 0.15) is 0 Å². The van der Waals surface area contributed by atoms with Crippen molar-refractivity contribution in [3.05, 3.63) is 48.3 Å². The van der Waals surface area contributed by atoms with Crippen molar-refractivity contribution in [2.24, 2.45) is 0 Å². The van der Waals surface area contributed by atoms with Crippen LogP contribution in [0.5, 0.6) is 0 Å². The molecule has 162 valence electrons. The lowest BCUT2D eigenvalue weighted by molar-refractivity contribution is 0.0363. The fourth-order valence-electron chi connectivity index (χ4n) is 5.72. The van der Waals surface area contributed by atoms with Gasteiger partial charge in [-0.05, 0) is 57.1 Å². The Kier molecular flexibility index (Phi) is 5.01. The molecule has 6 rings (SSSR count). The maximum atomic E-state index is 5.47. The topological polar surface area (TPSA) is 46.4 Å². The summed E-state index contributed by atoms with van der Waals surface area (Å²) in [6.45, 7) is 9.80. The molecule has 6 nitrogen and oxygen atoms in total. The van der Waals surface area contributed by atoms with E-state index in [1.807, 2.05) is 12.3 Å². The van der Waals surface area contributed by atoms with Crippen molar-refractivity contribution in [1.82, 2.24) is 24.6 Å². The van der Waals surface area contributed by atoms with Crippen LogP contribution in [0.1, 0.15) is 25.0 Å². The van der Waals surface area contributed by atoms with E-state index >= 15 is 0 Å². The van der Waals surface area contributed by atoms with Crippen LogP contribution in [-0.4, -0.2) is 77.0 Å². The molecule has 0 bridgehead atoms. The molecule has 6 heteroatoms. The summed E-state index contributed by atoms with van der Waals surface area (Å²) in [6, 6.07) is 12.9. The molecule has 2 saturated heterocycles. The second-order valence-corrected chi connectivity index (χ2v) is 9.42. The molecule has 1 aromatic carbocycles. The number of rotatable bonds is 5. The van der Waals surface area contributed by atoms with Crippen LogP contribution < -0.4 is 0 Å². The predicted octanol–water partition coefficient (Wildman–Crippen LogP) is 3.17. The molecule has 1 atom stereocenters. The number of nitrogens with zero attached hydrogens (tertiary/aromatic N) is 5. The zero-order valence-electron chi connectivity index (χ0n) is 18.2. The summed E-state index contributed by atoms with van der Waals surface area (Å²) in [5, 5.41) is 6.15. The Morgan fingerprint density at radius 3 is 2.71 bits per heavy atom. The third-order valence-corrected chi connectivity index (χ3v) is 7.50. The van der Waals surface area contributed by atoms with Crippen molar-refractivity contribution in [2.75, 3.05) is 52.5 Å². The number of hydrogen-bond donors (Lipinski definition) is 0. The second-order valence-electron chi connectivity index (χ2n) is 9.42. The summed E-state index contributed by atoms with van der Waals surface area (Å²) in [7, 11) is 0. The van der Waals surface area contributed by atoms with E-state index < -0.39 is 0 Å². The first-order valence-electron chi connectivity index (χ1n) is 11.8. The van der Waals surface area contributed by atoms with Crippen LogP contribution in [-0.2, 0) is 16.7 Å². The monoisotopic (exact) mass is 417 g/mol. The number of para-hydroxylation sites is 1. The summed E-state index contributed by atoms with van der Waals surface area (Å²) in [6.07, 6.45) is 5.71. The highest BCUT2D eigenvalue weighted by Crippen LogP contribution is 2.43. The molecule has 0 saturated carbocycles. The van der Waals surface area contributed by atoms with Crippen LogP contribution in [0, 0.1) is 0 Å². The maximum Gasteiger partial charge on any atom is 0.0941 e. The molecule has 3 aliphatic rings. The lowest BCUT2D eigenvalue weighted by Gasteiger charge is -2.28. The van der Waals surface area contributed by atoms with E-state index in [0.717, 1.165) is 49.6 Å². The molecule has 0 radical (unpaired) electrons. The van der Waals surface area contributed by atoms with Crippen LogP contribution in [0.25, 0.3) is 22.2 Å². The molecule has 0 aliphatic carbocycles. The molecule has 0 amide bonds. The number of aryl methyl sites for hydroxylation is 1. The highest BCUT2D eigenvalue weighted by atomic mass is 16.5. The quantitative estimate of drug-likeness (QED) is 0.638. The van der Waals surface area contributed by atoms with Gasteiger partial charge in [0.2, 0.25) is 0 Å². The van der Waals surface area contributed by atoms with Crippen molar-refractivity contribution in [2.45, 2.75) is 31.2 Å². The number of likely N-dealkylation sites (tertiary alicyclic amines) is 1. The van der Waals surface area contributed by atoms with Crippen LogP contribution in [0.3, 0.4) is 0 Å². The van der Waals surface area contributed by atoms with Crippen LogP contribution in [0.15, 0.2) is 42.6 Å². The normalized spacial score (nSPS) is 24.4. The van der Waals surface area contributed by atoms with Crippen molar-refractivity contribution >= 4 is 10.9 Å². The Bertz CT molecular complexity index is 1070. The molecule has 2 aromatic heterocycles. The number of aromatic nitrogens is 3. The highest BCUT2D eigenvalue weighted by molar-refractivity contribution is 5.82. The lowest BCUT2D eigenvalue weighted by atomic mass is 9.82. The number of pyridine rings is 1. The minimum Gasteiger partial charge on any atom is -0.379 e. The van der Waals surface area contributed by atoms with E-state index in [-0.39, 0.29) is 5.41 Å². The van der Waals surface area contributed by atoms with Gasteiger partial charge in [0.15, 0.2) is 0 Å². The Labute approximate surface area is 183 Å². The average Bonchev–Trinajstić information content (AvgIpc) is 3.51. The Hall–Kier alpha value is -2.28. The second kappa shape index (κ2) is 8.01. The van der Waals surface area contributed by atoms with Crippen molar-refractivity contribution < 1.29 is 4.74 Å². The molecule has 3 aromatic rings. The van der Waals surface area contributed by atoms with E-state index in [2.05, 4.69) is 49.8 Å². The van der Waals surface area contributed by atoms with E-state index in [4.69, 9.17) is 9.84 Å². The van der Waals surface area contributed by atoms with Gasteiger partial charge in [-0.2, -0.15) is 5.10 Å². The van der Waals surface area contributed by atoms with Gasteiger partial charge in [0.05, 0.1) is 24.4 Å². The van der Waals surface area contributed by atoms with Gasteiger partial charge < -0.3 is 9.64 Å². The number of hydrogen-bond acceptors (Lipinski definition) is 5. The Balaban J connectivity index is 1.15. The number of fused-ring (bicyclic) bond motifs is 3. The molecular formula is C25H31N5O. The first kappa shape index (κ1) is 19.4. The van der Waals surface area contributed by atoms with E-state index in [1.54, 1.807) is 0 Å². The molecule has 5 heterocycles. The van der Waals surface area contributed by atoms with E-state index in [0.29, 0.717) is 0 Å². The van der Waals surface area contributed by atoms with Crippen LogP contribution in [0.4, 0.5) is 0 Å². The van der Waals surface area contributed by atoms with Gasteiger partial charge in [0.25, 0.3) is 0 Å². The molecule has 31 heavy (non-hydrogen) atoms. The first-order chi connectivity index (χ1) is 15.3. The van der Waals surface area contributed by atoms with Crippen LogP contribution >= 0.6 is 0 Å².